The number of rotatable bonds is 5. The van der Waals surface area contributed by atoms with Crippen molar-refractivity contribution >= 4 is 11.6 Å². The molecule has 0 radical (unpaired) electrons. The van der Waals surface area contributed by atoms with Crippen molar-refractivity contribution in [2.75, 3.05) is 31.5 Å². The number of nitriles is 1. The maximum absolute atomic E-state index is 13.5. The van der Waals surface area contributed by atoms with Crippen LogP contribution in [0.25, 0.3) is 0 Å². The van der Waals surface area contributed by atoms with E-state index in [2.05, 4.69) is 21.2 Å². The first kappa shape index (κ1) is 21.0. The Morgan fingerprint density at radius 3 is 2.66 bits per heavy atom. The maximum Gasteiger partial charge on any atom is 0.241 e. The molecule has 5 nitrogen and oxygen atoms in total. The fourth-order valence-electron chi connectivity index (χ4n) is 3.61. The van der Waals surface area contributed by atoms with Gasteiger partial charge in [0.15, 0.2) is 0 Å². The van der Waals surface area contributed by atoms with E-state index in [1.165, 1.54) is 17.7 Å². The molecule has 0 saturated carbocycles. The number of nitrogens with one attached hydrogen (secondary N) is 1. The number of halogens is 1. The van der Waals surface area contributed by atoms with E-state index in [9.17, 15) is 9.18 Å². The van der Waals surface area contributed by atoms with E-state index in [0.717, 1.165) is 44.7 Å². The minimum Gasteiger partial charge on any atom is -0.324 e. The highest BCUT2D eigenvalue weighted by atomic mass is 19.1. The van der Waals surface area contributed by atoms with Crippen LogP contribution in [0.15, 0.2) is 42.5 Å². The minimum atomic E-state index is -0.355. The third-order valence-corrected chi connectivity index (χ3v) is 5.50. The Bertz CT molecular complexity index is 891. The van der Waals surface area contributed by atoms with Gasteiger partial charge in [0.2, 0.25) is 5.91 Å². The summed E-state index contributed by atoms with van der Waals surface area (Å²) in [5, 5.41) is 11.8. The molecule has 1 amide bonds. The van der Waals surface area contributed by atoms with E-state index in [1.807, 2.05) is 38.1 Å². The standard InChI is InChI=1S/C23H27FN4O/c1-17-4-9-21(24)14-22(17)26-23(29)18(2)28-11-3-10-27(12-13-28)16-20-7-5-19(15-25)6-8-20/h4-9,14,18H,3,10-13,16H2,1-2H3,(H,26,29). The Kier molecular flexibility index (Phi) is 6.97. The van der Waals surface area contributed by atoms with E-state index in [1.54, 1.807) is 6.07 Å². The van der Waals surface area contributed by atoms with Gasteiger partial charge < -0.3 is 5.32 Å². The first-order chi connectivity index (χ1) is 14.0. The van der Waals surface area contributed by atoms with E-state index in [-0.39, 0.29) is 17.8 Å². The van der Waals surface area contributed by atoms with Crippen molar-refractivity contribution in [3.63, 3.8) is 0 Å². The molecule has 1 unspecified atom stereocenters. The number of amides is 1. The Labute approximate surface area is 171 Å². The summed E-state index contributed by atoms with van der Waals surface area (Å²) < 4.78 is 13.5. The molecule has 29 heavy (non-hydrogen) atoms. The van der Waals surface area contributed by atoms with E-state index in [4.69, 9.17) is 5.26 Å². The van der Waals surface area contributed by atoms with Gasteiger partial charge in [0.05, 0.1) is 17.7 Å². The number of carbonyl (C=O) groups excluding carboxylic acids is 1. The van der Waals surface area contributed by atoms with Crippen LogP contribution in [0.3, 0.4) is 0 Å². The van der Waals surface area contributed by atoms with Crippen LogP contribution in [0.5, 0.6) is 0 Å². The van der Waals surface area contributed by atoms with Crippen LogP contribution in [-0.2, 0) is 11.3 Å². The van der Waals surface area contributed by atoms with Gasteiger partial charge >= 0.3 is 0 Å². The second-order valence-electron chi connectivity index (χ2n) is 7.60. The molecule has 2 aromatic carbocycles. The van der Waals surface area contributed by atoms with Crippen LogP contribution in [0.2, 0.25) is 0 Å². The smallest absolute Gasteiger partial charge is 0.241 e. The molecule has 1 aliphatic rings. The topological polar surface area (TPSA) is 59.4 Å². The fourth-order valence-corrected chi connectivity index (χ4v) is 3.61. The zero-order valence-electron chi connectivity index (χ0n) is 17.0. The summed E-state index contributed by atoms with van der Waals surface area (Å²) in [6.07, 6.45) is 0.979. The molecule has 2 aromatic rings. The lowest BCUT2D eigenvalue weighted by molar-refractivity contribution is -0.120. The van der Waals surface area contributed by atoms with Gasteiger partial charge in [0, 0.05) is 31.9 Å². The highest BCUT2D eigenvalue weighted by molar-refractivity contribution is 5.95. The number of carbonyl (C=O) groups is 1. The monoisotopic (exact) mass is 394 g/mol. The summed E-state index contributed by atoms with van der Waals surface area (Å²) in [7, 11) is 0. The molecule has 1 heterocycles. The number of hydrogen-bond donors (Lipinski definition) is 1. The molecule has 0 aliphatic carbocycles. The average molecular weight is 394 g/mol. The predicted octanol–water partition coefficient (Wildman–Crippen LogP) is 3.54. The Morgan fingerprint density at radius 2 is 1.93 bits per heavy atom. The lowest BCUT2D eigenvalue weighted by Gasteiger charge is -2.27. The molecule has 0 aromatic heterocycles. The van der Waals surface area contributed by atoms with Crippen molar-refractivity contribution in [2.24, 2.45) is 0 Å². The SMILES string of the molecule is Cc1ccc(F)cc1NC(=O)C(C)N1CCCN(Cc2ccc(C#N)cc2)CC1. The molecule has 1 atom stereocenters. The summed E-state index contributed by atoms with van der Waals surface area (Å²) in [4.78, 5) is 17.3. The first-order valence-electron chi connectivity index (χ1n) is 9.99. The quantitative estimate of drug-likeness (QED) is 0.843. The first-order valence-corrected chi connectivity index (χ1v) is 9.99. The number of aryl methyl sites for hydroxylation is 1. The predicted molar refractivity (Wildman–Crippen MR) is 112 cm³/mol. The van der Waals surface area contributed by atoms with Crippen molar-refractivity contribution in [1.29, 1.82) is 5.26 Å². The normalized spacial score (nSPS) is 16.6. The molecule has 1 N–H and O–H groups in total. The van der Waals surface area contributed by atoms with Crippen molar-refractivity contribution in [3.05, 3.63) is 65.0 Å². The minimum absolute atomic E-state index is 0.112. The maximum atomic E-state index is 13.5. The third kappa shape index (κ3) is 5.63. The summed E-state index contributed by atoms with van der Waals surface area (Å²) in [5.41, 5.74) is 3.23. The molecule has 6 heteroatoms. The van der Waals surface area contributed by atoms with Gasteiger partial charge in [-0.15, -0.1) is 0 Å². The van der Waals surface area contributed by atoms with Crippen LogP contribution in [0.1, 0.15) is 30.0 Å². The van der Waals surface area contributed by atoms with Gasteiger partial charge in [-0.05, 0) is 62.2 Å². The van der Waals surface area contributed by atoms with Crippen LogP contribution in [0.4, 0.5) is 10.1 Å². The van der Waals surface area contributed by atoms with E-state index < -0.39 is 0 Å². The number of anilines is 1. The lowest BCUT2D eigenvalue weighted by atomic mass is 10.1. The van der Waals surface area contributed by atoms with Crippen molar-refractivity contribution in [2.45, 2.75) is 32.9 Å². The van der Waals surface area contributed by atoms with Gasteiger partial charge in [0.25, 0.3) is 0 Å². The second kappa shape index (κ2) is 9.64. The molecule has 1 fully saturated rings. The molecular weight excluding hydrogens is 367 g/mol. The van der Waals surface area contributed by atoms with Gasteiger partial charge in [-0.3, -0.25) is 14.6 Å². The molecule has 0 spiro atoms. The van der Waals surface area contributed by atoms with E-state index in [0.29, 0.717) is 11.3 Å². The van der Waals surface area contributed by atoms with E-state index >= 15 is 0 Å². The zero-order chi connectivity index (χ0) is 20.8. The summed E-state index contributed by atoms with van der Waals surface area (Å²) >= 11 is 0. The van der Waals surface area contributed by atoms with Gasteiger partial charge in [-0.25, -0.2) is 4.39 Å². The van der Waals surface area contributed by atoms with Crippen LogP contribution in [-0.4, -0.2) is 47.9 Å². The van der Waals surface area contributed by atoms with Crippen molar-refractivity contribution in [3.8, 4) is 6.07 Å². The van der Waals surface area contributed by atoms with Crippen LogP contribution in [0, 0.1) is 24.1 Å². The highest BCUT2D eigenvalue weighted by Gasteiger charge is 2.24. The molecule has 3 rings (SSSR count). The van der Waals surface area contributed by atoms with Crippen LogP contribution >= 0.6 is 0 Å². The van der Waals surface area contributed by atoms with Gasteiger partial charge in [-0.2, -0.15) is 5.26 Å². The van der Waals surface area contributed by atoms with Crippen molar-refractivity contribution < 1.29 is 9.18 Å². The Hall–Kier alpha value is -2.75. The summed E-state index contributed by atoms with van der Waals surface area (Å²) in [6, 6.07) is 14.0. The molecule has 152 valence electrons. The molecular formula is C23H27FN4O. The Morgan fingerprint density at radius 1 is 1.17 bits per heavy atom. The second-order valence-corrected chi connectivity index (χ2v) is 7.60. The summed E-state index contributed by atoms with van der Waals surface area (Å²) in [6.45, 7) is 8.08. The van der Waals surface area contributed by atoms with Crippen molar-refractivity contribution in [1.82, 2.24) is 9.80 Å². The van der Waals surface area contributed by atoms with Gasteiger partial charge in [-0.1, -0.05) is 18.2 Å². The fraction of sp³-hybridized carbons (Fsp3) is 0.391. The molecule has 1 aliphatic heterocycles. The van der Waals surface area contributed by atoms with Gasteiger partial charge in [0.1, 0.15) is 5.82 Å². The lowest BCUT2D eigenvalue weighted by Crippen LogP contribution is -2.44. The highest BCUT2D eigenvalue weighted by Crippen LogP contribution is 2.18. The number of nitrogens with zero attached hydrogens (tertiary/aromatic N) is 3. The summed E-state index contributed by atoms with van der Waals surface area (Å²) in [5.74, 6) is -0.467. The average Bonchev–Trinajstić information content (AvgIpc) is 2.96. The Balaban J connectivity index is 1.55. The van der Waals surface area contributed by atoms with Crippen LogP contribution < -0.4 is 5.32 Å². The molecule has 0 bridgehead atoms. The largest absolute Gasteiger partial charge is 0.324 e. The molecule has 1 saturated heterocycles. The number of hydrogen-bond acceptors (Lipinski definition) is 4. The number of benzene rings is 2. The zero-order valence-corrected chi connectivity index (χ0v) is 17.0. The third-order valence-electron chi connectivity index (χ3n) is 5.50.